The maximum absolute atomic E-state index is 11.6. The number of halogens is 1. The number of carbonyl (C=O) groups excluding carboxylic acids is 1. The smallest absolute Gasteiger partial charge is 0.221 e. The number of aromatic nitrogens is 3. The first-order valence-electron chi connectivity index (χ1n) is 6.63. The highest BCUT2D eigenvalue weighted by Crippen LogP contribution is 2.18. The summed E-state index contributed by atoms with van der Waals surface area (Å²) in [6.45, 7) is 3.51. The van der Waals surface area contributed by atoms with Crippen molar-refractivity contribution in [2.45, 2.75) is 26.3 Å². The van der Waals surface area contributed by atoms with E-state index in [1.54, 1.807) is 12.3 Å². The fourth-order valence-corrected chi connectivity index (χ4v) is 2.20. The van der Waals surface area contributed by atoms with Crippen LogP contribution in [0.25, 0.3) is 11.2 Å². The minimum Gasteiger partial charge on any atom is -0.355 e. The number of fused-ring (bicyclic) bond motifs is 1. The Balaban J connectivity index is 2.18. The average Bonchev–Trinajstić information content (AvgIpc) is 2.79. The van der Waals surface area contributed by atoms with Crippen molar-refractivity contribution in [2.24, 2.45) is 5.73 Å². The van der Waals surface area contributed by atoms with E-state index in [1.807, 2.05) is 11.5 Å². The van der Waals surface area contributed by atoms with Gasteiger partial charge in [-0.15, -0.1) is 0 Å². The maximum atomic E-state index is 11.6. The van der Waals surface area contributed by atoms with E-state index in [9.17, 15) is 4.79 Å². The molecule has 20 heavy (non-hydrogen) atoms. The van der Waals surface area contributed by atoms with Crippen LogP contribution in [0.1, 0.15) is 19.2 Å². The molecule has 0 bridgehead atoms. The Labute approximate surface area is 122 Å². The summed E-state index contributed by atoms with van der Waals surface area (Å²) in [4.78, 5) is 20.4. The minimum atomic E-state index is -0.0201. The van der Waals surface area contributed by atoms with Crippen LogP contribution in [0.4, 0.5) is 0 Å². The predicted molar refractivity (Wildman–Crippen MR) is 78.6 cm³/mol. The van der Waals surface area contributed by atoms with Crippen molar-refractivity contribution in [3.05, 3.63) is 23.1 Å². The zero-order valence-corrected chi connectivity index (χ0v) is 12.2. The molecule has 2 aromatic heterocycles. The Morgan fingerprint density at radius 2 is 2.35 bits per heavy atom. The van der Waals surface area contributed by atoms with Crippen LogP contribution in [-0.2, 0) is 17.8 Å². The van der Waals surface area contributed by atoms with E-state index in [0.29, 0.717) is 31.1 Å². The highest BCUT2D eigenvalue weighted by molar-refractivity contribution is 6.31. The molecule has 0 aliphatic carbocycles. The molecule has 7 heteroatoms. The number of nitrogens with two attached hydrogens (primary N) is 1. The van der Waals surface area contributed by atoms with Gasteiger partial charge in [-0.3, -0.25) is 4.79 Å². The van der Waals surface area contributed by atoms with Gasteiger partial charge in [0.05, 0.1) is 5.02 Å². The SMILES string of the molecule is CCc1nc2cc(Cl)cnc2n1CCC(=O)NCCN. The number of imidazole rings is 1. The molecule has 0 aliphatic heterocycles. The van der Waals surface area contributed by atoms with Gasteiger partial charge in [-0.25, -0.2) is 9.97 Å². The van der Waals surface area contributed by atoms with Gasteiger partial charge >= 0.3 is 0 Å². The first-order valence-corrected chi connectivity index (χ1v) is 7.01. The fraction of sp³-hybridized carbons (Fsp3) is 0.462. The molecule has 1 amide bonds. The fourth-order valence-electron chi connectivity index (χ4n) is 2.05. The lowest BCUT2D eigenvalue weighted by Gasteiger charge is -2.07. The van der Waals surface area contributed by atoms with Crippen LogP contribution in [0.15, 0.2) is 12.3 Å². The topological polar surface area (TPSA) is 85.8 Å². The van der Waals surface area contributed by atoms with Gasteiger partial charge in [-0.05, 0) is 6.07 Å². The van der Waals surface area contributed by atoms with Gasteiger partial charge in [-0.1, -0.05) is 18.5 Å². The molecular weight excluding hydrogens is 278 g/mol. The molecule has 6 nitrogen and oxygen atoms in total. The van der Waals surface area contributed by atoms with Crippen LogP contribution in [0, 0.1) is 0 Å². The normalized spacial score (nSPS) is 10.9. The number of amides is 1. The molecule has 0 saturated heterocycles. The van der Waals surface area contributed by atoms with E-state index in [0.717, 1.165) is 23.4 Å². The molecule has 0 aliphatic rings. The Kier molecular flexibility index (Phi) is 4.92. The van der Waals surface area contributed by atoms with Crippen molar-refractivity contribution in [1.29, 1.82) is 0 Å². The predicted octanol–water partition coefficient (Wildman–Crippen LogP) is 1.11. The first kappa shape index (κ1) is 14.7. The Morgan fingerprint density at radius 1 is 1.55 bits per heavy atom. The lowest BCUT2D eigenvalue weighted by molar-refractivity contribution is -0.121. The van der Waals surface area contributed by atoms with Crippen molar-refractivity contribution < 1.29 is 4.79 Å². The summed E-state index contributed by atoms with van der Waals surface area (Å²) in [5.74, 6) is 0.884. The summed E-state index contributed by atoms with van der Waals surface area (Å²) in [5, 5.41) is 3.31. The zero-order chi connectivity index (χ0) is 14.5. The summed E-state index contributed by atoms with van der Waals surface area (Å²) >= 11 is 5.92. The van der Waals surface area contributed by atoms with Crippen LogP contribution in [0.3, 0.4) is 0 Å². The number of hydrogen-bond acceptors (Lipinski definition) is 4. The van der Waals surface area contributed by atoms with E-state index in [2.05, 4.69) is 15.3 Å². The van der Waals surface area contributed by atoms with Crippen LogP contribution < -0.4 is 11.1 Å². The molecule has 3 N–H and O–H groups in total. The lowest BCUT2D eigenvalue weighted by atomic mass is 10.3. The molecular formula is C13H18ClN5O. The molecule has 108 valence electrons. The summed E-state index contributed by atoms with van der Waals surface area (Å²) in [6, 6.07) is 1.79. The third-order valence-corrected chi connectivity index (χ3v) is 3.18. The van der Waals surface area contributed by atoms with Crippen molar-refractivity contribution >= 4 is 28.7 Å². The Hall–Kier alpha value is -1.66. The van der Waals surface area contributed by atoms with Gasteiger partial charge in [0.1, 0.15) is 11.3 Å². The van der Waals surface area contributed by atoms with Gasteiger partial charge in [0.2, 0.25) is 5.91 Å². The van der Waals surface area contributed by atoms with Gasteiger partial charge in [0.15, 0.2) is 5.65 Å². The van der Waals surface area contributed by atoms with E-state index < -0.39 is 0 Å². The molecule has 2 rings (SSSR count). The van der Waals surface area contributed by atoms with Gasteiger partial charge in [-0.2, -0.15) is 0 Å². The molecule has 0 saturated carbocycles. The monoisotopic (exact) mass is 295 g/mol. The number of aryl methyl sites for hydroxylation is 2. The number of carbonyl (C=O) groups is 1. The number of nitrogens with one attached hydrogen (secondary N) is 1. The highest BCUT2D eigenvalue weighted by Gasteiger charge is 2.12. The minimum absolute atomic E-state index is 0.0201. The molecule has 0 fully saturated rings. The molecule has 2 aromatic rings. The van der Waals surface area contributed by atoms with Crippen molar-refractivity contribution in [3.63, 3.8) is 0 Å². The summed E-state index contributed by atoms with van der Waals surface area (Å²) < 4.78 is 1.97. The van der Waals surface area contributed by atoms with Crippen LogP contribution in [0.5, 0.6) is 0 Å². The van der Waals surface area contributed by atoms with Crippen LogP contribution in [-0.4, -0.2) is 33.5 Å². The Morgan fingerprint density at radius 3 is 3.05 bits per heavy atom. The lowest BCUT2D eigenvalue weighted by Crippen LogP contribution is -2.29. The largest absolute Gasteiger partial charge is 0.355 e. The highest BCUT2D eigenvalue weighted by atomic mass is 35.5. The van der Waals surface area contributed by atoms with Crippen LogP contribution in [0.2, 0.25) is 5.02 Å². The van der Waals surface area contributed by atoms with Crippen molar-refractivity contribution in [2.75, 3.05) is 13.1 Å². The molecule has 0 aromatic carbocycles. The van der Waals surface area contributed by atoms with Crippen molar-refractivity contribution in [3.8, 4) is 0 Å². The maximum Gasteiger partial charge on any atom is 0.221 e. The standard InChI is InChI=1S/C13H18ClN5O/c1-2-11-18-10-7-9(14)8-17-13(10)19(11)6-3-12(20)16-5-4-15/h7-8H,2-6,15H2,1H3,(H,16,20). The van der Waals surface area contributed by atoms with E-state index in [1.165, 1.54) is 0 Å². The quantitative estimate of drug-likeness (QED) is 0.836. The second-order valence-corrected chi connectivity index (χ2v) is 4.85. The first-order chi connectivity index (χ1) is 9.65. The molecule has 2 heterocycles. The number of rotatable bonds is 6. The Bertz CT molecular complexity index is 610. The second kappa shape index (κ2) is 6.67. The molecule has 0 unspecified atom stereocenters. The van der Waals surface area contributed by atoms with E-state index in [-0.39, 0.29) is 5.91 Å². The summed E-state index contributed by atoms with van der Waals surface area (Å²) in [5.41, 5.74) is 6.87. The van der Waals surface area contributed by atoms with Crippen LogP contribution >= 0.6 is 11.6 Å². The number of nitrogens with zero attached hydrogens (tertiary/aromatic N) is 3. The molecule has 0 spiro atoms. The number of hydrogen-bond donors (Lipinski definition) is 2. The average molecular weight is 296 g/mol. The molecule has 0 atom stereocenters. The van der Waals surface area contributed by atoms with Gasteiger partial charge in [0.25, 0.3) is 0 Å². The van der Waals surface area contributed by atoms with E-state index >= 15 is 0 Å². The zero-order valence-electron chi connectivity index (χ0n) is 11.4. The summed E-state index contributed by atoms with van der Waals surface area (Å²) in [7, 11) is 0. The third kappa shape index (κ3) is 3.26. The van der Waals surface area contributed by atoms with Crippen molar-refractivity contribution in [1.82, 2.24) is 19.9 Å². The number of pyridine rings is 1. The third-order valence-electron chi connectivity index (χ3n) is 2.98. The van der Waals surface area contributed by atoms with E-state index in [4.69, 9.17) is 17.3 Å². The van der Waals surface area contributed by atoms with Gasteiger partial charge < -0.3 is 15.6 Å². The second-order valence-electron chi connectivity index (χ2n) is 4.42. The molecule has 0 radical (unpaired) electrons. The van der Waals surface area contributed by atoms with Gasteiger partial charge in [0, 0.05) is 38.7 Å². The summed E-state index contributed by atoms with van der Waals surface area (Å²) in [6.07, 6.45) is 2.75.